The van der Waals surface area contributed by atoms with Gasteiger partial charge in [-0.3, -0.25) is 9.59 Å². The van der Waals surface area contributed by atoms with E-state index in [1.807, 2.05) is 19.1 Å². The van der Waals surface area contributed by atoms with E-state index in [1.54, 1.807) is 6.07 Å². The summed E-state index contributed by atoms with van der Waals surface area (Å²) in [7, 11) is 1.42. The number of hydrogen-bond donors (Lipinski definition) is 2. The van der Waals surface area contributed by atoms with E-state index in [0.29, 0.717) is 0 Å². The zero-order valence-corrected chi connectivity index (χ0v) is 11.8. The number of halogens is 1. The van der Waals surface area contributed by atoms with Crippen LogP contribution < -0.4 is 10.6 Å². The topological polar surface area (TPSA) is 67.4 Å². The van der Waals surface area contributed by atoms with E-state index in [0.717, 1.165) is 15.7 Å². The molecule has 0 fully saturated rings. The van der Waals surface area contributed by atoms with Gasteiger partial charge in [0.05, 0.1) is 6.54 Å². The molecule has 1 aromatic carbocycles. The third-order valence-electron chi connectivity index (χ3n) is 2.18. The van der Waals surface area contributed by atoms with Gasteiger partial charge >= 0.3 is 0 Å². The second-order valence-electron chi connectivity index (χ2n) is 3.72. The molecule has 1 aromatic rings. The molecular weight excluding hydrogens is 300 g/mol. The highest BCUT2D eigenvalue weighted by Gasteiger charge is 2.07. The number of ether oxygens (including phenoxy) is 1. The molecule has 0 atom stereocenters. The molecule has 0 aliphatic rings. The molecule has 0 heterocycles. The normalized spacial score (nSPS) is 9.94. The molecule has 0 bridgehead atoms. The number of carbonyl (C=O) groups excluding carboxylic acids is 2. The summed E-state index contributed by atoms with van der Waals surface area (Å²) in [4.78, 5) is 22.7. The molecule has 0 aromatic heterocycles. The molecular formula is C12H15BrN2O3. The summed E-state index contributed by atoms with van der Waals surface area (Å²) < 4.78 is 5.59. The number of benzene rings is 1. The molecule has 18 heavy (non-hydrogen) atoms. The van der Waals surface area contributed by atoms with Crippen molar-refractivity contribution < 1.29 is 14.3 Å². The summed E-state index contributed by atoms with van der Waals surface area (Å²) in [6.07, 6.45) is 0. The second-order valence-corrected chi connectivity index (χ2v) is 4.63. The van der Waals surface area contributed by atoms with Gasteiger partial charge in [0.2, 0.25) is 11.8 Å². The van der Waals surface area contributed by atoms with Crippen LogP contribution in [0, 0.1) is 6.92 Å². The largest absolute Gasteiger partial charge is 0.375 e. The van der Waals surface area contributed by atoms with Crippen molar-refractivity contribution in [3.8, 4) is 0 Å². The number of methoxy groups -OCH3 is 1. The van der Waals surface area contributed by atoms with Crippen LogP contribution >= 0.6 is 15.9 Å². The van der Waals surface area contributed by atoms with Crippen molar-refractivity contribution in [2.75, 3.05) is 25.6 Å². The molecule has 0 aliphatic heterocycles. The third kappa shape index (κ3) is 4.85. The Labute approximate surface area is 114 Å². The first-order valence-corrected chi connectivity index (χ1v) is 6.14. The lowest BCUT2D eigenvalue weighted by molar-refractivity contribution is -0.127. The molecule has 5 nitrogen and oxygen atoms in total. The zero-order chi connectivity index (χ0) is 13.5. The van der Waals surface area contributed by atoms with Crippen molar-refractivity contribution in [1.82, 2.24) is 5.32 Å². The summed E-state index contributed by atoms with van der Waals surface area (Å²) in [5, 5.41) is 5.17. The van der Waals surface area contributed by atoms with E-state index in [9.17, 15) is 9.59 Å². The van der Waals surface area contributed by atoms with Crippen molar-refractivity contribution in [3.63, 3.8) is 0 Å². The van der Waals surface area contributed by atoms with Gasteiger partial charge in [0.15, 0.2) is 0 Å². The van der Waals surface area contributed by atoms with E-state index in [2.05, 4.69) is 31.3 Å². The van der Waals surface area contributed by atoms with Crippen molar-refractivity contribution in [2.45, 2.75) is 6.92 Å². The van der Waals surface area contributed by atoms with Gasteiger partial charge in [0, 0.05) is 17.3 Å². The number of amides is 2. The average Bonchev–Trinajstić information content (AvgIpc) is 2.31. The Balaban J connectivity index is 2.47. The molecule has 0 unspecified atom stereocenters. The van der Waals surface area contributed by atoms with E-state index >= 15 is 0 Å². The summed E-state index contributed by atoms with van der Waals surface area (Å²) in [6.45, 7) is 1.77. The van der Waals surface area contributed by atoms with Gasteiger partial charge in [-0.1, -0.05) is 15.9 Å². The van der Waals surface area contributed by atoms with Crippen molar-refractivity contribution in [2.24, 2.45) is 0 Å². The van der Waals surface area contributed by atoms with E-state index in [1.165, 1.54) is 7.11 Å². The Kier molecular flexibility index (Phi) is 5.80. The molecule has 0 radical (unpaired) electrons. The maximum Gasteiger partial charge on any atom is 0.246 e. The fourth-order valence-corrected chi connectivity index (χ4v) is 1.80. The number of anilines is 1. The summed E-state index contributed by atoms with van der Waals surface area (Å²) in [6, 6.07) is 5.54. The summed E-state index contributed by atoms with van der Waals surface area (Å²) >= 11 is 3.35. The van der Waals surface area contributed by atoms with Crippen LogP contribution in [0.1, 0.15) is 5.56 Å². The number of carbonyl (C=O) groups is 2. The number of aryl methyl sites for hydroxylation is 1. The first kappa shape index (κ1) is 14.7. The van der Waals surface area contributed by atoms with Gasteiger partial charge in [-0.05, 0) is 30.7 Å². The molecule has 0 saturated carbocycles. The number of rotatable bonds is 5. The van der Waals surface area contributed by atoms with Gasteiger partial charge in [-0.25, -0.2) is 0 Å². The fourth-order valence-electron chi connectivity index (χ4n) is 1.32. The standard InChI is InChI=1S/C12H15BrN2O3/c1-8-5-9(13)3-4-10(8)15-11(16)6-14-12(17)7-18-2/h3-5H,6-7H2,1-2H3,(H,14,17)(H,15,16). The molecule has 0 spiro atoms. The van der Waals surface area contributed by atoms with Crippen LogP contribution in [0.15, 0.2) is 22.7 Å². The smallest absolute Gasteiger partial charge is 0.246 e. The zero-order valence-electron chi connectivity index (χ0n) is 10.2. The van der Waals surface area contributed by atoms with E-state index < -0.39 is 0 Å². The highest BCUT2D eigenvalue weighted by Crippen LogP contribution is 2.19. The summed E-state index contributed by atoms with van der Waals surface area (Å²) in [5.74, 6) is -0.593. The minimum absolute atomic E-state index is 0.0510. The Hall–Kier alpha value is -1.40. The Morgan fingerprint density at radius 1 is 1.33 bits per heavy atom. The van der Waals surface area contributed by atoms with Crippen LogP contribution in [-0.2, 0) is 14.3 Å². The van der Waals surface area contributed by atoms with Crippen molar-refractivity contribution >= 4 is 33.4 Å². The van der Waals surface area contributed by atoms with E-state index in [4.69, 9.17) is 0 Å². The van der Waals surface area contributed by atoms with Crippen molar-refractivity contribution in [1.29, 1.82) is 0 Å². The van der Waals surface area contributed by atoms with Crippen LogP contribution in [0.4, 0.5) is 5.69 Å². The first-order chi connectivity index (χ1) is 8.52. The predicted octanol–water partition coefficient (Wildman–Crippen LogP) is 1.46. The Bertz CT molecular complexity index is 449. The fraction of sp³-hybridized carbons (Fsp3) is 0.333. The van der Waals surface area contributed by atoms with Crippen LogP contribution in [0.5, 0.6) is 0 Å². The minimum Gasteiger partial charge on any atom is -0.375 e. The number of hydrogen-bond acceptors (Lipinski definition) is 3. The van der Waals surface area contributed by atoms with Crippen molar-refractivity contribution in [3.05, 3.63) is 28.2 Å². The third-order valence-corrected chi connectivity index (χ3v) is 2.68. The molecule has 1 rings (SSSR count). The lowest BCUT2D eigenvalue weighted by Crippen LogP contribution is -2.34. The maximum absolute atomic E-state index is 11.6. The molecule has 98 valence electrons. The van der Waals surface area contributed by atoms with E-state index in [-0.39, 0.29) is 25.0 Å². The van der Waals surface area contributed by atoms with Crippen LogP contribution in [0.2, 0.25) is 0 Å². The monoisotopic (exact) mass is 314 g/mol. The average molecular weight is 315 g/mol. The molecule has 6 heteroatoms. The minimum atomic E-state index is -0.319. The highest BCUT2D eigenvalue weighted by molar-refractivity contribution is 9.10. The van der Waals surface area contributed by atoms with Crippen LogP contribution in [-0.4, -0.2) is 32.1 Å². The molecule has 2 amide bonds. The van der Waals surface area contributed by atoms with Gasteiger partial charge < -0.3 is 15.4 Å². The maximum atomic E-state index is 11.6. The van der Waals surface area contributed by atoms with Crippen LogP contribution in [0.3, 0.4) is 0 Å². The van der Waals surface area contributed by atoms with Gasteiger partial charge in [-0.2, -0.15) is 0 Å². The second kappa shape index (κ2) is 7.13. The molecule has 0 saturated heterocycles. The van der Waals surface area contributed by atoms with Gasteiger partial charge in [0.25, 0.3) is 0 Å². The number of nitrogens with one attached hydrogen (secondary N) is 2. The first-order valence-electron chi connectivity index (χ1n) is 5.34. The Morgan fingerprint density at radius 2 is 2.06 bits per heavy atom. The highest BCUT2D eigenvalue weighted by atomic mass is 79.9. The van der Waals surface area contributed by atoms with Gasteiger partial charge in [0.1, 0.15) is 6.61 Å². The van der Waals surface area contributed by atoms with Gasteiger partial charge in [-0.15, -0.1) is 0 Å². The quantitative estimate of drug-likeness (QED) is 0.864. The Morgan fingerprint density at radius 3 is 2.67 bits per heavy atom. The summed E-state index contributed by atoms with van der Waals surface area (Å²) in [5.41, 5.74) is 1.67. The predicted molar refractivity (Wildman–Crippen MR) is 72.4 cm³/mol. The molecule has 2 N–H and O–H groups in total. The lowest BCUT2D eigenvalue weighted by atomic mass is 10.2. The van der Waals surface area contributed by atoms with Crippen LogP contribution in [0.25, 0.3) is 0 Å². The molecule has 0 aliphatic carbocycles. The lowest BCUT2D eigenvalue weighted by Gasteiger charge is -2.09. The SMILES string of the molecule is COCC(=O)NCC(=O)Nc1ccc(Br)cc1C.